The van der Waals surface area contributed by atoms with E-state index in [1.165, 1.54) is 0 Å². The highest BCUT2D eigenvalue weighted by molar-refractivity contribution is 5.87. The Balaban J connectivity index is 1.72. The summed E-state index contributed by atoms with van der Waals surface area (Å²) < 4.78 is 1.68. The van der Waals surface area contributed by atoms with E-state index in [1.54, 1.807) is 28.9 Å². The highest BCUT2D eigenvalue weighted by Crippen LogP contribution is 2.36. The number of anilines is 1. The third-order valence-electron chi connectivity index (χ3n) is 5.06. The Hall–Kier alpha value is -4.26. The molecule has 0 radical (unpaired) electrons. The van der Waals surface area contributed by atoms with E-state index in [0.29, 0.717) is 11.4 Å². The lowest BCUT2D eigenvalue weighted by atomic mass is 10.0. The van der Waals surface area contributed by atoms with Crippen molar-refractivity contribution in [2.24, 2.45) is 0 Å². The first-order valence-electron chi connectivity index (χ1n) is 9.37. The highest BCUT2D eigenvalue weighted by atomic mass is 16.4. The Morgan fingerprint density at radius 3 is 2.37 bits per heavy atom. The average Bonchev–Trinajstić information content (AvgIpc) is 2.79. The first kappa shape index (κ1) is 17.8. The van der Waals surface area contributed by atoms with Gasteiger partial charge in [0.1, 0.15) is 6.17 Å². The quantitative estimate of drug-likeness (QED) is 0.549. The van der Waals surface area contributed by atoms with Gasteiger partial charge in [-0.2, -0.15) is 10.1 Å². The molecule has 1 aromatic heterocycles. The van der Waals surface area contributed by atoms with E-state index in [-0.39, 0.29) is 11.3 Å². The topological polar surface area (TPSA) is 97.1 Å². The third-order valence-corrected chi connectivity index (χ3v) is 5.06. The fourth-order valence-electron chi connectivity index (χ4n) is 3.58. The largest absolute Gasteiger partial charge is 0.478 e. The van der Waals surface area contributed by atoms with Crippen molar-refractivity contribution in [1.29, 1.82) is 0 Å². The molecule has 0 bridgehead atoms. The van der Waals surface area contributed by atoms with Crippen LogP contribution in [-0.4, -0.2) is 25.8 Å². The highest BCUT2D eigenvalue weighted by Gasteiger charge is 2.28. The van der Waals surface area contributed by atoms with E-state index >= 15 is 0 Å². The van der Waals surface area contributed by atoms with E-state index in [0.717, 1.165) is 16.8 Å². The van der Waals surface area contributed by atoms with Gasteiger partial charge in [-0.1, -0.05) is 54.6 Å². The van der Waals surface area contributed by atoms with Crippen LogP contribution >= 0.6 is 0 Å². The van der Waals surface area contributed by atoms with Crippen LogP contribution in [0.5, 0.6) is 0 Å². The van der Waals surface area contributed by atoms with Gasteiger partial charge in [-0.25, -0.2) is 9.48 Å². The first-order valence-corrected chi connectivity index (χ1v) is 9.37. The van der Waals surface area contributed by atoms with Crippen LogP contribution in [0.4, 0.5) is 5.69 Å². The van der Waals surface area contributed by atoms with Crippen LogP contribution in [0, 0.1) is 0 Å². The average molecular weight is 396 g/mol. The number of aromatic nitrogens is 3. The number of rotatable bonds is 3. The molecule has 146 valence electrons. The van der Waals surface area contributed by atoms with Gasteiger partial charge in [0.15, 0.2) is 11.5 Å². The number of benzene rings is 3. The molecule has 4 aromatic rings. The number of carboxylic acid groups (broad SMARTS) is 1. The minimum Gasteiger partial charge on any atom is -0.478 e. The summed E-state index contributed by atoms with van der Waals surface area (Å²) in [5, 5.41) is 17.3. The summed E-state index contributed by atoms with van der Waals surface area (Å²) in [5.41, 5.74) is 3.14. The van der Waals surface area contributed by atoms with Crippen LogP contribution in [0.3, 0.4) is 0 Å². The van der Waals surface area contributed by atoms with E-state index in [9.17, 15) is 14.7 Å². The van der Waals surface area contributed by atoms with Crippen molar-refractivity contribution in [2.75, 3.05) is 5.32 Å². The summed E-state index contributed by atoms with van der Waals surface area (Å²) in [7, 11) is 0. The van der Waals surface area contributed by atoms with Gasteiger partial charge in [-0.05, 0) is 29.8 Å². The van der Waals surface area contributed by atoms with Crippen LogP contribution in [-0.2, 0) is 0 Å². The van der Waals surface area contributed by atoms with Gasteiger partial charge in [0.2, 0.25) is 0 Å². The van der Waals surface area contributed by atoms with Gasteiger partial charge in [-0.3, -0.25) is 4.79 Å². The van der Waals surface area contributed by atoms with Gasteiger partial charge in [0, 0.05) is 16.8 Å². The first-order chi connectivity index (χ1) is 14.6. The van der Waals surface area contributed by atoms with E-state index < -0.39 is 17.7 Å². The van der Waals surface area contributed by atoms with Gasteiger partial charge in [0.05, 0.1) is 5.56 Å². The van der Waals surface area contributed by atoms with Crippen LogP contribution in [0.25, 0.3) is 22.6 Å². The third kappa shape index (κ3) is 2.93. The fourth-order valence-corrected chi connectivity index (χ4v) is 3.58. The molecular weight excluding hydrogens is 380 g/mol. The second-order valence-electron chi connectivity index (χ2n) is 6.92. The predicted molar refractivity (Wildman–Crippen MR) is 112 cm³/mol. The summed E-state index contributed by atoms with van der Waals surface area (Å²) in [5.74, 6) is -0.528. The number of nitrogens with one attached hydrogen (secondary N) is 1. The Labute approximate surface area is 171 Å². The summed E-state index contributed by atoms with van der Waals surface area (Å²) in [4.78, 5) is 28.4. The van der Waals surface area contributed by atoms with Crippen molar-refractivity contribution in [2.45, 2.75) is 6.17 Å². The lowest BCUT2D eigenvalue weighted by Crippen LogP contribution is -2.32. The summed E-state index contributed by atoms with van der Waals surface area (Å²) >= 11 is 0. The number of aromatic carboxylic acids is 1. The minimum absolute atomic E-state index is 0.200. The molecule has 7 heteroatoms. The zero-order chi connectivity index (χ0) is 20.7. The zero-order valence-electron chi connectivity index (χ0n) is 15.7. The number of fused-ring (bicyclic) bond motifs is 3. The maximum absolute atomic E-state index is 12.8. The molecule has 1 aliphatic rings. The molecule has 0 spiro atoms. The number of hydrogen-bond donors (Lipinski definition) is 2. The van der Waals surface area contributed by atoms with E-state index in [4.69, 9.17) is 0 Å². The van der Waals surface area contributed by atoms with E-state index in [2.05, 4.69) is 15.4 Å². The van der Waals surface area contributed by atoms with Gasteiger partial charge < -0.3 is 10.4 Å². The van der Waals surface area contributed by atoms with Crippen LogP contribution in [0.15, 0.2) is 83.7 Å². The lowest BCUT2D eigenvalue weighted by Gasteiger charge is -2.30. The molecule has 3 aromatic carbocycles. The molecule has 2 N–H and O–H groups in total. The molecule has 7 nitrogen and oxygen atoms in total. The van der Waals surface area contributed by atoms with Crippen LogP contribution < -0.4 is 10.9 Å². The normalized spacial score (nSPS) is 14.3. The molecule has 1 atom stereocenters. The molecule has 0 saturated heterocycles. The molecule has 1 aliphatic heterocycles. The predicted octanol–water partition coefficient (Wildman–Crippen LogP) is 3.64. The molecule has 0 fully saturated rings. The van der Waals surface area contributed by atoms with Crippen molar-refractivity contribution < 1.29 is 9.90 Å². The van der Waals surface area contributed by atoms with Crippen molar-refractivity contribution in [3.05, 3.63) is 100 Å². The minimum atomic E-state index is -0.987. The Kier molecular flexibility index (Phi) is 4.14. The Morgan fingerprint density at radius 1 is 0.933 bits per heavy atom. The van der Waals surface area contributed by atoms with Gasteiger partial charge in [0.25, 0.3) is 5.56 Å². The number of carboxylic acids is 1. The monoisotopic (exact) mass is 396 g/mol. The number of hydrogen-bond acceptors (Lipinski definition) is 5. The summed E-state index contributed by atoms with van der Waals surface area (Å²) in [6, 6.07) is 23.3. The lowest BCUT2D eigenvalue weighted by molar-refractivity contribution is 0.0697. The maximum atomic E-state index is 12.8. The molecule has 0 unspecified atom stereocenters. The summed E-state index contributed by atoms with van der Waals surface area (Å²) in [6.07, 6.45) is -0.451. The van der Waals surface area contributed by atoms with Crippen molar-refractivity contribution in [3.8, 4) is 22.6 Å². The van der Waals surface area contributed by atoms with E-state index in [1.807, 2.05) is 54.6 Å². The number of para-hydroxylation sites is 1. The fraction of sp³-hybridized carbons (Fsp3) is 0.0435. The van der Waals surface area contributed by atoms with Crippen molar-refractivity contribution in [3.63, 3.8) is 0 Å². The zero-order valence-corrected chi connectivity index (χ0v) is 15.7. The van der Waals surface area contributed by atoms with Crippen LogP contribution in [0.2, 0.25) is 0 Å². The molecule has 0 aliphatic carbocycles. The molecule has 0 amide bonds. The smallest absolute Gasteiger partial charge is 0.335 e. The Morgan fingerprint density at radius 2 is 1.63 bits per heavy atom. The molecule has 5 rings (SSSR count). The van der Waals surface area contributed by atoms with Gasteiger partial charge in [-0.15, -0.1) is 0 Å². The molecule has 30 heavy (non-hydrogen) atoms. The summed E-state index contributed by atoms with van der Waals surface area (Å²) in [6.45, 7) is 0. The Bertz CT molecular complexity index is 1310. The number of nitrogens with zero attached hydrogens (tertiary/aromatic N) is 3. The second kappa shape index (κ2) is 6.97. The SMILES string of the molecule is O=C(O)c1ccc([C@H]2Nc3ccccc3-c3nc(=O)c(-c4ccccc4)nn32)cc1. The van der Waals surface area contributed by atoms with Crippen molar-refractivity contribution >= 4 is 11.7 Å². The molecule has 0 saturated carbocycles. The maximum Gasteiger partial charge on any atom is 0.335 e. The standard InChI is InChI=1S/C23H16N4O3/c28-22-19(14-6-2-1-3-7-14)26-27-20(15-10-12-16(13-11-15)23(29)30)24-18-9-5-4-8-17(18)21(27)25-22/h1-13,20,24H,(H,29,30)/t20-/m0/s1. The molecule has 2 heterocycles. The van der Waals surface area contributed by atoms with Crippen LogP contribution in [0.1, 0.15) is 22.1 Å². The van der Waals surface area contributed by atoms with Gasteiger partial charge >= 0.3 is 5.97 Å². The number of carbonyl (C=O) groups is 1. The second-order valence-corrected chi connectivity index (χ2v) is 6.92. The van der Waals surface area contributed by atoms with Crippen molar-refractivity contribution in [1.82, 2.24) is 14.8 Å². The molecular formula is C23H16N4O3.